The molecule has 1 N–H and O–H groups in total. The first-order valence-electron chi connectivity index (χ1n) is 7.17. The van der Waals surface area contributed by atoms with E-state index in [-0.39, 0.29) is 5.83 Å². The van der Waals surface area contributed by atoms with Crippen LogP contribution in [0.25, 0.3) is 0 Å². The molecule has 0 radical (unpaired) electrons. The summed E-state index contributed by atoms with van der Waals surface area (Å²) < 4.78 is 13.7. The van der Waals surface area contributed by atoms with Crippen LogP contribution in [0.4, 0.5) is 10.1 Å². The highest BCUT2D eigenvalue weighted by atomic mass is 19.1. The van der Waals surface area contributed by atoms with Crippen molar-refractivity contribution in [2.45, 2.75) is 13.3 Å². The molecule has 0 saturated carbocycles. The molecule has 4 heteroatoms. The minimum Gasteiger partial charge on any atom is -0.378 e. The number of halogens is 1. The monoisotopic (exact) mass is 297 g/mol. The van der Waals surface area contributed by atoms with Crippen molar-refractivity contribution >= 4 is 12.0 Å². The highest BCUT2D eigenvalue weighted by Crippen LogP contribution is 2.14. The molecule has 0 aliphatic carbocycles. The van der Waals surface area contributed by atoms with E-state index in [1.807, 2.05) is 43.3 Å². The number of nitrogens with zero attached hydrogens (tertiary/aromatic N) is 2. The Kier molecular flexibility index (Phi) is 5.37. The van der Waals surface area contributed by atoms with Crippen LogP contribution >= 0.6 is 0 Å². The minimum atomic E-state index is -0.143. The molecule has 0 spiro atoms. The van der Waals surface area contributed by atoms with Gasteiger partial charge in [-0.25, -0.2) is 4.39 Å². The second-order valence-corrected chi connectivity index (χ2v) is 5.27. The molecule has 1 aromatic rings. The normalized spacial score (nSPS) is 20.5. The Bertz CT molecular complexity index is 671. The van der Waals surface area contributed by atoms with Crippen molar-refractivity contribution in [3.05, 3.63) is 53.0 Å². The molecule has 1 aliphatic rings. The van der Waals surface area contributed by atoms with Gasteiger partial charge in [-0.05, 0) is 48.8 Å². The van der Waals surface area contributed by atoms with Gasteiger partial charge in [-0.1, -0.05) is 5.92 Å². The lowest BCUT2D eigenvalue weighted by Gasteiger charge is -2.11. The first-order chi connectivity index (χ1) is 10.6. The molecule has 1 aliphatic heterocycles. The van der Waals surface area contributed by atoms with E-state index in [1.165, 1.54) is 0 Å². The van der Waals surface area contributed by atoms with Crippen molar-refractivity contribution in [2.24, 2.45) is 4.99 Å². The summed E-state index contributed by atoms with van der Waals surface area (Å²) in [7, 11) is 3.99. The maximum atomic E-state index is 13.7. The highest BCUT2D eigenvalue weighted by molar-refractivity contribution is 5.61. The number of benzene rings is 1. The standard InChI is InChI=1S/C18H20FN3/c1-14-12-16(21-13-20-11-10-18(14)19)7-4-15-5-8-17(9-6-15)22(2)3/h5-6,8-9,12-13H,10-11H2,1-3H3,(H,20,21)/b16-12-,18-14-. The quantitative estimate of drug-likeness (QED) is 0.806. The summed E-state index contributed by atoms with van der Waals surface area (Å²) in [6, 6.07) is 7.97. The van der Waals surface area contributed by atoms with Crippen molar-refractivity contribution in [1.29, 1.82) is 0 Å². The Labute approximate surface area is 131 Å². The Morgan fingerprint density at radius 1 is 1.18 bits per heavy atom. The van der Waals surface area contributed by atoms with Gasteiger partial charge in [-0.15, -0.1) is 0 Å². The number of anilines is 1. The molecule has 0 saturated heterocycles. The van der Waals surface area contributed by atoms with Crippen LogP contribution in [-0.2, 0) is 0 Å². The largest absolute Gasteiger partial charge is 0.378 e. The zero-order valence-corrected chi connectivity index (χ0v) is 13.2. The zero-order chi connectivity index (χ0) is 15.9. The van der Waals surface area contributed by atoms with Gasteiger partial charge in [-0.2, -0.15) is 0 Å². The Hall–Kier alpha value is -2.54. The van der Waals surface area contributed by atoms with Gasteiger partial charge in [-0.3, -0.25) is 4.99 Å². The third kappa shape index (κ3) is 4.49. The average molecular weight is 297 g/mol. The molecule has 1 heterocycles. The van der Waals surface area contributed by atoms with Crippen LogP contribution in [0.15, 0.2) is 52.4 Å². The highest BCUT2D eigenvalue weighted by Gasteiger charge is 2.02. The summed E-state index contributed by atoms with van der Waals surface area (Å²) in [5.74, 6) is 5.96. The topological polar surface area (TPSA) is 27.6 Å². The van der Waals surface area contributed by atoms with E-state index in [2.05, 4.69) is 22.2 Å². The fourth-order valence-corrected chi connectivity index (χ4v) is 1.93. The van der Waals surface area contributed by atoms with E-state index in [4.69, 9.17) is 0 Å². The first kappa shape index (κ1) is 15.8. The third-order valence-electron chi connectivity index (χ3n) is 3.29. The van der Waals surface area contributed by atoms with Crippen LogP contribution in [0.3, 0.4) is 0 Å². The second-order valence-electron chi connectivity index (χ2n) is 5.27. The summed E-state index contributed by atoms with van der Waals surface area (Å²) in [5.41, 5.74) is 3.26. The van der Waals surface area contributed by atoms with E-state index in [9.17, 15) is 4.39 Å². The molecular formula is C18H20FN3. The van der Waals surface area contributed by atoms with Crippen molar-refractivity contribution < 1.29 is 4.39 Å². The van der Waals surface area contributed by atoms with Crippen LogP contribution in [0.1, 0.15) is 18.9 Å². The SMILES string of the molecule is CC1=C(/F)CCN=CN/C(C#Cc2ccc(N(C)C)cc2)=C\1. The third-order valence-corrected chi connectivity index (χ3v) is 3.29. The predicted molar refractivity (Wildman–Crippen MR) is 90.6 cm³/mol. The summed E-state index contributed by atoms with van der Waals surface area (Å²) in [6.45, 7) is 2.19. The van der Waals surface area contributed by atoms with Gasteiger partial charge in [0, 0.05) is 38.3 Å². The fourth-order valence-electron chi connectivity index (χ4n) is 1.93. The van der Waals surface area contributed by atoms with Crippen LogP contribution in [0.2, 0.25) is 0 Å². The van der Waals surface area contributed by atoms with Gasteiger partial charge in [0.15, 0.2) is 0 Å². The minimum absolute atomic E-state index is 0.143. The fraction of sp³-hybridized carbons (Fsp3) is 0.278. The lowest BCUT2D eigenvalue weighted by atomic mass is 10.1. The molecule has 0 amide bonds. The number of rotatable bonds is 1. The maximum absolute atomic E-state index is 13.7. The van der Waals surface area contributed by atoms with Gasteiger partial charge in [0.25, 0.3) is 0 Å². The van der Waals surface area contributed by atoms with Crippen molar-refractivity contribution in [2.75, 3.05) is 25.5 Å². The smallest absolute Gasteiger partial charge is 0.105 e. The van der Waals surface area contributed by atoms with Crippen LogP contribution < -0.4 is 10.2 Å². The van der Waals surface area contributed by atoms with Crippen molar-refractivity contribution in [3.63, 3.8) is 0 Å². The van der Waals surface area contributed by atoms with Gasteiger partial charge < -0.3 is 10.2 Å². The zero-order valence-electron chi connectivity index (χ0n) is 13.2. The van der Waals surface area contributed by atoms with Crippen molar-refractivity contribution in [3.8, 4) is 11.8 Å². The molecular weight excluding hydrogens is 277 g/mol. The van der Waals surface area contributed by atoms with Crippen molar-refractivity contribution in [1.82, 2.24) is 5.32 Å². The molecule has 22 heavy (non-hydrogen) atoms. The van der Waals surface area contributed by atoms with E-state index >= 15 is 0 Å². The predicted octanol–water partition coefficient (Wildman–Crippen LogP) is 3.25. The lowest BCUT2D eigenvalue weighted by Crippen LogP contribution is -2.09. The summed E-state index contributed by atoms with van der Waals surface area (Å²) in [6.07, 6.45) is 3.61. The number of hydrogen-bond acceptors (Lipinski definition) is 3. The first-order valence-corrected chi connectivity index (χ1v) is 7.17. The van der Waals surface area contributed by atoms with Crippen LogP contribution in [0.5, 0.6) is 0 Å². The summed E-state index contributed by atoms with van der Waals surface area (Å²) in [4.78, 5) is 6.12. The number of nitrogens with one attached hydrogen (secondary N) is 1. The molecule has 3 nitrogen and oxygen atoms in total. The summed E-state index contributed by atoms with van der Waals surface area (Å²) in [5, 5.41) is 3.00. The molecule has 0 unspecified atom stereocenters. The number of hydrogen-bond donors (Lipinski definition) is 1. The molecule has 0 aromatic heterocycles. The Balaban J connectivity index is 2.22. The molecule has 2 rings (SSSR count). The number of aliphatic imine (C=N–C) groups is 1. The van der Waals surface area contributed by atoms with Crippen LogP contribution in [0, 0.1) is 11.8 Å². The van der Waals surface area contributed by atoms with Gasteiger partial charge in [0.1, 0.15) is 5.83 Å². The molecule has 0 atom stereocenters. The maximum Gasteiger partial charge on any atom is 0.105 e. The molecule has 0 bridgehead atoms. The van der Waals surface area contributed by atoms with Gasteiger partial charge in [0.05, 0.1) is 12.0 Å². The Morgan fingerprint density at radius 2 is 1.91 bits per heavy atom. The molecule has 0 fully saturated rings. The second kappa shape index (κ2) is 7.46. The Morgan fingerprint density at radius 3 is 2.59 bits per heavy atom. The number of allylic oxidation sites excluding steroid dienone is 3. The summed E-state index contributed by atoms with van der Waals surface area (Å²) >= 11 is 0. The van der Waals surface area contributed by atoms with Crippen LogP contribution in [-0.4, -0.2) is 27.0 Å². The van der Waals surface area contributed by atoms with E-state index < -0.39 is 0 Å². The van der Waals surface area contributed by atoms with E-state index in [1.54, 1.807) is 19.3 Å². The molecule has 114 valence electrons. The molecule has 1 aromatic carbocycles. The van der Waals surface area contributed by atoms with Gasteiger partial charge >= 0.3 is 0 Å². The van der Waals surface area contributed by atoms with E-state index in [0.29, 0.717) is 24.2 Å². The van der Waals surface area contributed by atoms with Gasteiger partial charge in [0.2, 0.25) is 0 Å². The lowest BCUT2D eigenvalue weighted by molar-refractivity contribution is 0.585. The van der Waals surface area contributed by atoms with E-state index in [0.717, 1.165) is 11.3 Å². The average Bonchev–Trinajstić information content (AvgIpc) is 2.58.